The van der Waals surface area contributed by atoms with Crippen molar-refractivity contribution in [3.05, 3.63) is 58.7 Å². The molecule has 3 N–H and O–H groups in total. The first kappa shape index (κ1) is 18.0. The summed E-state index contributed by atoms with van der Waals surface area (Å²) < 4.78 is 16.5. The third kappa shape index (κ3) is 3.41. The Morgan fingerprint density at radius 1 is 1.00 bits per heavy atom. The summed E-state index contributed by atoms with van der Waals surface area (Å²) in [6.07, 6.45) is 1.73. The Labute approximate surface area is 171 Å². The molecule has 0 saturated carbocycles. The van der Waals surface area contributed by atoms with Gasteiger partial charge in [0.1, 0.15) is 5.82 Å². The molecule has 0 unspecified atom stereocenters. The maximum absolute atomic E-state index is 11.3. The van der Waals surface area contributed by atoms with Gasteiger partial charge in [0.15, 0.2) is 17.1 Å². The van der Waals surface area contributed by atoms with Crippen LogP contribution in [0.3, 0.4) is 0 Å². The molecule has 5 rings (SSSR count). The van der Waals surface area contributed by atoms with E-state index < -0.39 is 11.5 Å². The minimum atomic E-state index is -0.682. The van der Waals surface area contributed by atoms with Gasteiger partial charge >= 0.3 is 5.76 Å². The highest BCUT2D eigenvalue weighted by Crippen LogP contribution is 2.41. The monoisotopic (exact) mass is 405 g/mol. The second-order valence-corrected chi connectivity index (χ2v) is 7.47. The van der Waals surface area contributed by atoms with Gasteiger partial charge in [0.05, 0.1) is 5.52 Å². The van der Waals surface area contributed by atoms with Crippen LogP contribution in [0.15, 0.2) is 51.8 Å². The smallest absolute Gasteiger partial charge is 0.417 e. The van der Waals surface area contributed by atoms with Crippen molar-refractivity contribution in [3.63, 3.8) is 0 Å². The zero-order chi connectivity index (χ0) is 20.9. The summed E-state index contributed by atoms with van der Waals surface area (Å²) in [4.78, 5) is 22.9. The number of benzene rings is 2. The molecule has 9 heteroatoms. The average molecular weight is 405 g/mol. The quantitative estimate of drug-likeness (QED) is 0.462. The molecular weight excluding hydrogens is 386 g/mol. The number of rotatable bonds is 4. The van der Waals surface area contributed by atoms with Crippen molar-refractivity contribution in [1.82, 2.24) is 15.0 Å². The fraction of sp³-hybridized carbons (Fsp3) is 0.190. The van der Waals surface area contributed by atoms with E-state index in [1.54, 1.807) is 18.3 Å². The summed E-state index contributed by atoms with van der Waals surface area (Å²) in [7, 11) is 0. The van der Waals surface area contributed by atoms with Gasteiger partial charge in [0, 0.05) is 43.0 Å². The van der Waals surface area contributed by atoms with E-state index >= 15 is 0 Å². The molecular formula is C21H19N5O4. The number of nitrogens with zero attached hydrogens (tertiary/aromatic N) is 2. The minimum absolute atomic E-state index is 0.430. The van der Waals surface area contributed by atoms with Crippen LogP contribution in [0.25, 0.3) is 11.1 Å². The first-order valence-corrected chi connectivity index (χ1v) is 9.37. The van der Waals surface area contributed by atoms with Gasteiger partial charge in [-0.1, -0.05) is 0 Å². The molecule has 0 aliphatic carbocycles. The number of hydrogen-bond acceptors (Lipinski definition) is 8. The van der Waals surface area contributed by atoms with Gasteiger partial charge in [-0.05, 0) is 37.3 Å². The van der Waals surface area contributed by atoms with Crippen LogP contribution < -0.4 is 25.9 Å². The van der Waals surface area contributed by atoms with Gasteiger partial charge < -0.3 is 24.5 Å². The van der Waals surface area contributed by atoms with E-state index in [1.165, 1.54) is 0 Å². The average Bonchev–Trinajstić information content (AvgIpc) is 3.20. The lowest BCUT2D eigenvalue weighted by Crippen LogP contribution is -2.29. The van der Waals surface area contributed by atoms with Gasteiger partial charge in [0.25, 0.3) is 0 Å². The zero-order valence-corrected chi connectivity index (χ0v) is 16.6. The summed E-state index contributed by atoms with van der Waals surface area (Å²) in [6, 6.07) is 10.9. The number of oxazole rings is 1. The van der Waals surface area contributed by atoms with Crippen LogP contribution in [-0.2, 0) is 0 Å². The number of hydrogen-bond donors (Lipinski definition) is 3. The lowest BCUT2D eigenvalue weighted by atomic mass is 10.2. The van der Waals surface area contributed by atoms with Crippen molar-refractivity contribution >= 4 is 34.2 Å². The summed E-state index contributed by atoms with van der Waals surface area (Å²) in [5, 5.41) is 6.44. The van der Waals surface area contributed by atoms with Crippen LogP contribution in [0.4, 0.5) is 23.1 Å². The highest BCUT2D eigenvalue weighted by molar-refractivity contribution is 5.78. The van der Waals surface area contributed by atoms with Gasteiger partial charge in [-0.2, -0.15) is 4.98 Å². The SMILES string of the molecule is Cc1cnc(Nc2ccc3c(c2)OC(C)(C)O3)nc1Nc1ccc2oc(=O)[nH]c2c1. The Hall–Kier alpha value is -4.01. The Morgan fingerprint density at radius 3 is 2.63 bits per heavy atom. The van der Waals surface area contributed by atoms with Gasteiger partial charge in [0.2, 0.25) is 11.7 Å². The fourth-order valence-electron chi connectivity index (χ4n) is 3.22. The Bertz CT molecular complexity index is 1320. The number of aryl methyl sites for hydroxylation is 1. The second-order valence-electron chi connectivity index (χ2n) is 7.47. The minimum Gasteiger partial charge on any atom is -0.449 e. The first-order valence-electron chi connectivity index (χ1n) is 9.37. The number of nitrogens with one attached hydrogen (secondary N) is 3. The predicted molar refractivity (Wildman–Crippen MR) is 112 cm³/mol. The third-order valence-corrected chi connectivity index (χ3v) is 4.56. The molecule has 4 aromatic rings. The van der Waals surface area contributed by atoms with E-state index in [1.807, 2.05) is 45.0 Å². The van der Waals surface area contributed by atoms with E-state index in [0.29, 0.717) is 34.4 Å². The molecule has 2 aromatic carbocycles. The molecule has 1 aliphatic rings. The molecule has 2 aromatic heterocycles. The summed E-state index contributed by atoms with van der Waals surface area (Å²) in [6.45, 7) is 5.63. The van der Waals surface area contributed by atoms with E-state index in [0.717, 1.165) is 16.9 Å². The number of fused-ring (bicyclic) bond motifs is 2. The number of ether oxygens (including phenoxy) is 2. The summed E-state index contributed by atoms with van der Waals surface area (Å²) >= 11 is 0. The molecule has 0 saturated heterocycles. The number of H-pyrrole nitrogens is 1. The fourth-order valence-corrected chi connectivity index (χ4v) is 3.22. The first-order chi connectivity index (χ1) is 14.3. The zero-order valence-electron chi connectivity index (χ0n) is 16.6. The Kier molecular flexibility index (Phi) is 3.92. The molecule has 0 atom stereocenters. The molecule has 0 amide bonds. The number of aromatic amines is 1. The van der Waals surface area contributed by atoms with Gasteiger partial charge in [-0.25, -0.2) is 9.78 Å². The van der Waals surface area contributed by atoms with Crippen LogP contribution in [-0.4, -0.2) is 20.7 Å². The molecule has 30 heavy (non-hydrogen) atoms. The molecule has 0 fully saturated rings. The topological polar surface area (TPSA) is 114 Å². The van der Waals surface area contributed by atoms with Crippen LogP contribution in [0, 0.1) is 6.92 Å². The van der Waals surface area contributed by atoms with Crippen LogP contribution in [0.2, 0.25) is 0 Å². The molecule has 0 bridgehead atoms. The number of anilines is 4. The van der Waals surface area contributed by atoms with E-state index in [-0.39, 0.29) is 0 Å². The van der Waals surface area contributed by atoms with E-state index in [9.17, 15) is 4.79 Å². The van der Waals surface area contributed by atoms with Crippen molar-refractivity contribution in [1.29, 1.82) is 0 Å². The Balaban J connectivity index is 1.39. The third-order valence-electron chi connectivity index (χ3n) is 4.56. The van der Waals surface area contributed by atoms with E-state index in [2.05, 4.69) is 25.6 Å². The molecule has 3 heterocycles. The van der Waals surface area contributed by atoms with Crippen molar-refractivity contribution in [2.75, 3.05) is 10.6 Å². The highest BCUT2D eigenvalue weighted by atomic mass is 16.7. The van der Waals surface area contributed by atoms with Crippen LogP contribution in [0.5, 0.6) is 11.5 Å². The van der Waals surface area contributed by atoms with Crippen LogP contribution in [0.1, 0.15) is 19.4 Å². The molecule has 9 nitrogen and oxygen atoms in total. The Morgan fingerprint density at radius 2 is 1.77 bits per heavy atom. The highest BCUT2D eigenvalue weighted by Gasteiger charge is 2.31. The lowest BCUT2D eigenvalue weighted by Gasteiger charge is -2.16. The maximum atomic E-state index is 11.3. The molecule has 0 radical (unpaired) electrons. The molecule has 0 spiro atoms. The largest absolute Gasteiger partial charge is 0.449 e. The number of aromatic nitrogens is 3. The lowest BCUT2D eigenvalue weighted by molar-refractivity contribution is -0.0431. The van der Waals surface area contributed by atoms with Crippen molar-refractivity contribution in [2.45, 2.75) is 26.6 Å². The maximum Gasteiger partial charge on any atom is 0.417 e. The summed E-state index contributed by atoms with van der Waals surface area (Å²) in [5.41, 5.74) is 3.52. The summed E-state index contributed by atoms with van der Waals surface area (Å²) in [5.74, 6) is 1.26. The normalized spacial score (nSPS) is 14.1. The van der Waals surface area contributed by atoms with E-state index in [4.69, 9.17) is 13.9 Å². The van der Waals surface area contributed by atoms with Crippen molar-refractivity contribution < 1.29 is 13.9 Å². The standard InChI is InChI=1S/C21H19N5O4/c1-11-10-22-19(24-13-5-7-16-17(9-13)30-21(2,3)29-16)26-18(11)23-12-4-6-15-14(8-12)25-20(27)28-15/h4-10H,1-3H3,(H,25,27)(H2,22,23,24,26). The van der Waals surface area contributed by atoms with Crippen molar-refractivity contribution in [2.24, 2.45) is 0 Å². The van der Waals surface area contributed by atoms with Gasteiger partial charge in [-0.15, -0.1) is 0 Å². The van der Waals surface area contributed by atoms with Crippen LogP contribution >= 0.6 is 0 Å². The molecule has 152 valence electrons. The van der Waals surface area contributed by atoms with Gasteiger partial charge in [-0.3, -0.25) is 4.98 Å². The molecule has 1 aliphatic heterocycles. The second kappa shape index (κ2) is 6.51. The van der Waals surface area contributed by atoms with Crippen molar-refractivity contribution in [3.8, 4) is 11.5 Å². The predicted octanol–water partition coefficient (Wildman–Crippen LogP) is 4.21.